The number of nitrogens with zero attached hydrogens (tertiary/aromatic N) is 1. The summed E-state index contributed by atoms with van der Waals surface area (Å²) in [4.78, 5) is 12.0. The molecule has 0 saturated carbocycles. The molecule has 0 aromatic carbocycles. The van der Waals surface area contributed by atoms with Gasteiger partial charge in [0.15, 0.2) is 0 Å². The number of carboxylic acid groups (broad SMARTS) is 1. The highest BCUT2D eigenvalue weighted by Crippen LogP contribution is 2.13. The summed E-state index contributed by atoms with van der Waals surface area (Å²) >= 11 is 0. The maximum Gasteiger partial charge on any atom is 0.407 e. The van der Waals surface area contributed by atoms with Crippen LogP contribution in [0, 0.1) is 0 Å². The van der Waals surface area contributed by atoms with Gasteiger partial charge in [-0.15, -0.1) is 0 Å². The Balaban J connectivity index is 2.00. The van der Waals surface area contributed by atoms with Gasteiger partial charge in [-0.2, -0.15) is 0 Å². The molecular weight excluding hydrogens is 160 g/mol. The first-order valence-corrected chi connectivity index (χ1v) is 4.11. The van der Waals surface area contributed by atoms with E-state index in [1.165, 1.54) is 4.90 Å². The van der Waals surface area contributed by atoms with Crippen molar-refractivity contribution in [2.24, 2.45) is 0 Å². The summed E-state index contributed by atoms with van der Waals surface area (Å²) in [6.07, 6.45) is -0.0362. The van der Waals surface area contributed by atoms with Crippen molar-refractivity contribution < 1.29 is 14.6 Å². The quantitative estimate of drug-likeness (QED) is 0.526. The summed E-state index contributed by atoms with van der Waals surface area (Å²) in [5, 5.41) is 11.9. The van der Waals surface area contributed by atoms with Crippen LogP contribution in [0.4, 0.5) is 4.79 Å². The van der Waals surface area contributed by atoms with Gasteiger partial charge in [0.1, 0.15) is 6.23 Å². The third-order valence-electron chi connectivity index (χ3n) is 2.30. The fraction of sp³-hybridized carbons (Fsp3) is 0.857. The van der Waals surface area contributed by atoms with Crippen molar-refractivity contribution >= 4 is 6.09 Å². The lowest BCUT2D eigenvalue weighted by Crippen LogP contribution is -2.61. The highest BCUT2D eigenvalue weighted by atomic mass is 16.5. The Morgan fingerprint density at radius 2 is 2.42 bits per heavy atom. The molecule has 0 aliphatic carbocycles. The van der Waals surface area contributed by atoms with Crippen LogP contribution in [0.5, 0.6) is 0 Å². The van der Waals surface area contributed by atoms with Crippen molar-refractivity contribution in [3.63, 3.8) is 0 Å². The predicted octanol–water partition coefficient (Wildman–Crippen LogP) is -0.315. The number of rotatable bonds is 0. The molecule has 2 N–H and O–H groups in total. The first-order chi connectivity index (χ1) is 5.75. The van der Waals surface area contributed by atoms with Crippen molar-refractivity contribution in [2.75, 3.05) is 19.7 Å². The normalized spacial score (nSPS) is 34.8. The molecule has 0 radical (unpaired) electrons. The second-order valence-corrected chi connectivity index (χ2v) is 3.20. The lowest BCUT2D eigenvalue weighted by Gasteiger charge is -2.40. The van der Waals surface area contributed by atoms with Gasteiger partial charge in [-0.05, 0) is 6.42 Å². The molecule has 2 bridgehead atoms. The fourth-order valence-corrected chi connectivity index (χ4v) is 1.69. The minimum Gasteiger partial charge on any atom is -0.465 e. The molecule has 0 aromatic rings. The average molecular weight is 172 g/mol. The second kappa shape index (κ2) is 2.91. The van der Waals surface area contributed by atoms with Crippen LogP contribution in [0.15, 0.2) is 0 Å². The molecule has 68 valence electrons. The Bertz CT molecular complexity index is 185. The lowest BCUT2D eigenvalue weighted by atomic mass is 10.1. The van der Waals surface area contributed by atoms with Crippen molar-refractivity contribution in [1.29, 1.82) is 0 Å². The van der Waals surface area contributed by atoms with E-state index in [1.807, 2.05) is 0 Å². The Labute approximate surface area is 70.3 Å². The third-order valence-corrected chi connectivity index (χ3v) is 2.30. The van der Waals surface area contributed by atoms with Crippen LogP contribution in [0.2, 0.25) is 0 Å². The zero-order valence-electron chi connectivity index (χ0n) is 6.69. The van der Waals surface area contributed by atoms with Gasteiger partial charge in [-0.25, -0.2) is 4.79 Å². The van der Waals surface area contributed by atoms with Gasteiger partial charge in [-0.3, -0.25) is 5.32 Å². The van der Waals surface area contributed by atoms with Gasteiger partial charge in [0.25, 0.3) is 0 Å². The van der Waals surface area contributed by atoms with E-state index in [1.54, 1.807) is 0 Å². The molecule has 2 unspecified atom stereocenters. The highest BCUT2D eigenvalue weighted by Gasteiger charge is 2.32. The zero-order chi connectivity index (χ0) is 8.55. The van der Waals surface area contributed by atoms with E-state index in [0.717, 1.165) is 13.0 Å². The summed E-state index contributed by atoms with van der Waals surface area (Å²) in [7, 11) is 0. The SMILES string of the molecule is O=C(O)N1CC2CCOC(C1)N2. The van der Waals surface area contributed by atoms with Gasteiger partial charge in [0.2, 0.25) is 0 Å². The number of hydrogen-bond donors (Lipinski definition) is 2. The Kier molecular flexibility index (Phi) is 1.90. The van der Waals surface area contributed by atoms with Gasteiger partial charge in [0, 0.05) is 12.6 Å². The molecule has 2 rings (SSSR count). The van der Waals surface area contributed by atoms with Gasteiger partial charge in [-0.1, -0.05) is 0 Å². The molecule has 5 heteroatoms. The molecule has 2 fully saturated rings. The van der Waals surface area contributed by atoms with Crippen molar-refractivity contribution in [1.82, 2.24) is 10.2 Å². The summed E-state index contributed by atoms with van der Waals surface area (Å²) in [5.74, 6) is 0. The van der Waals surface area contributed by atoms with Gasteiger partial charge in [0.05, 0.1) is 13.2 Å². The summed E-state index contributed by atoms with van der Waals surface area (Å²) in [6.45, 7) is 1.79. The predicted molar refractivity (Wildman–Crippen MR) is 40.9 cm³/mol. The van der Waals surface area contributed by atoms with E-state index < -0.39 is 6.09 Å². The molecule has 2 saturated heterocycles. The number of carbonyl (C=O) groups is 1. The molecule has 2 atom stereocenters. The standard InChI is InChI=1S/C7H12N2O3/c10-7(11)9-3-5-1-2-12-6(4-9)8-5/h5-6,8H,1-4H2,(H,10,11). The van der Waals surface area contributed by atoms with Crippen LogP contribution in [0.3, 0.4) is 0 Å². The highest BCUT2D eigenvalue weighted by molar-refractivity contribution is 5.65. The summed E-state index contributed by atoms with van der Waals surface area (Å²) in [6, 6.07) is 0.286. The molecule has 12 heavy (non-hydrogen) atoms. The minimum atomic E-state index is -0.850. The average Bonchev–Trinajstić information content (AvgIpc) is 2.03. The number of ether oxygens (including phenoxy) is 1. The monoisotopic (exact) mass is 172 g/mol. The van der Waals surface area contributed by atoms with E-state index >= 15 is 0 Å². The molecule has 0 aromatic heterocycles. The van der Waals surface area contributed by atoms with Crippen LogP contribution in [0.25, 0.3) is 0 Å². The van der Waals surface area contributed by atoms with Crippen molar-refractivity contribution in [3.05, 3.63) is 0 Å². The number of piperazine rings is 1. The number of amides is 1. The van der Waals surface area contributed by atoms with E-state index in [4.69, 9.17) is 9.84 Å². The third kappa shape index (κ3) is 1.37. The van der Waals surface area contributed by atoms with Gasteiger partial charge >= 0.3 is 6.09 Å². The minimum absolute atomic E-state index is 0.0893. The number of hydrogen-bond acceptors (Lipinski definition) is 3. The van der Waals surface area contributed by atoms with Crippen LogP contribution < -0.4 is 5.32 Å². The van der Waals surface area contributed by atoms with E-state index in [2.05, 4.69) is 5.32 Å². The first-order valence-electron chi connectivity index (χ1n) is 4.11. The first kappa shape index (κ1) is 7.82. The topological polar surface area (TPSA) is 61.8 Å². The zero-order valence-corrected chi connectivity index (χ0v) is 6.69. The van der Waals surface area contributed by atoms with E-state index in [-0.39, 0.29) is 12.3 Å². The van der Waals surface area contributed by atoms with Crippen LogP contribution in [-0.2, 0) is 4.74 Å². The van der Waals surface area contributed by atoms with Crippen molar-refractivity contribution in [2.45, 2.75) is 18.7 Å². The molecule has 2 aliphatic heterocycles. The Morgan fingerprint density at radius 1 is 1.58 bits per heavy atom. The maximum atomic E-state index is 10.6. The lowest BCUT2D eigenvalue weighted by molar-refractivity contribution is -0.0634. The summed E-state index contributed by atoms with van der Waals surface area (Å²) < 4.78 is 5.31. The second-order valence-electron chi connectivity index (χ2n) is 3.20. The number of nitrogens with one attached hydrogen (secondary N) is 1. The fourth-order valence-electron chi connectivity index (χ4n) is 1.69. The Morgan fingerprint density at radius 3 is 3.08 bits per heavy atom. The summed E-state index contributed by atoms with van der Waals surface area (Å²) in [5.41, 5.74) is 0. The molecular formula is C7H12N2O3. The van der Waals surface area contributed by atoms with Gasteiger partial charge < -0.3 is 14.7 Å². The molecule has 0 spiro atoms. The smallest absolute Gasteiger partial charge is 0.407 e. The van der Waals surface area contributed by atoms with Crippen LogP contribution in [0.1, 0.15) is 6.42 Å². The van der Waals surface area contributed by atoms with E-state index in [9.17, 15) is 4.79 Å². The molecule has 1 amide bonds. The number of fused-ring (bicyclic) bond motifs is 2. The molecule has 2 heterocycles. The molecule has 2 aliphatic rings. The van der Waals surface area contributed by atoms with Crippen LogP contribution >= 0.6 is 0 Å². The maximum absolute atomic E-state index is 10.6. The Hall–Kier alpha value is -0.810. The van der Waals surface area contributed by atoms with E-state index in [0.29, 0.717) is 13.1 Å². The van der Waals surface area contributed by atoms with Crippen LogP contribution in [-0.4, -0.2) is 48.1 Å². The van der Waals surface area contributed by atoms with Crippen molar-refractivity contribution in [3.8, 4) is 0 Å². The largest absolute Gasteiger partial charge is 0.465 e. The molecule has 5 nitrogen and oxygen atoms in total.